The molecular formula is C16H30N2O3. The van der Waals surface area contributed by atoms with Crippen molar-refractivity contribution in [3.8, 4) is 0 Å². The van der Waals surface area contributed by atoms with Gasteiger partial charge in [-0.1, -0.05) is 0 Å². The first-order valence-corrected chi connectivity index (χ1v) is 8.10. The van der Waals surface area contributed by atoms with Gasteiger partial charge in [0, 0.05) is 19.1 Å². The van der Waals surface area contributed by atoms with E-state index in [0.29, 0.717) is 12.6 Å². The first-order chi connectivity index (χ1) is 9.82. The summed E-state index contributed by atoms with van der Waals surface area (Å²) in [7, 11) is 1.87. The van der Waals surface area contributed by atoms with Crippen LogP contribution in [0.15, 0.2) is 0 Å². The molecule has 0 aromatic heterocycles. The Morgan fingerprint density at radius 1 is 1.48 bits per heavy atom. The number of rotatable bonds is 4. The van der Waals surface area contributed by atoms with Gasteiger partial charge in [-0.2, -0.15) is 0 Å². The fourth-order valence-electron chi connectivity index (χ4n) is 3.90. The maximum Gasteiger partial charge on any atom is 0.326 e. The topological polar surface area (TPSA) is 50.8 Å². The van der Waals surface area contributed by atoms with Crippen molar-refractivity contribution in [2.75, 3.05) is 26.7 Å². The van der Waals surface area contributed by atoms with E-state index in [2.05, 4.69) is 31.0 Å². The Morgan fingerprint density at radius 2 is 2.19 bits per heavy atom. The Morgan fingerprint density at radius 3 is 2.76 bits per heavy atom. The van der Waals surface area contributed by atoms with Gasteiger partial charge < -0.3 is 14.8 Å². The van der Waals surface area contributed by atoms with Gasteiger partial charge in [0.1, 0.15) is 5.54 Å². The highest BCUT2D eigenvalue weighted by Gasteiger charge is 2.48. The lowest BCUT2D eigenvalue weighted by molar-refractivity contribution is -0.151. The summed E-state index contributed by atoms with van der Waals surface area (Å²) >= 11 is 0. The normalized spacial score (nSPS) is 36.6. The number of nitrogens with one attached hydrogen (secondary N) is 1. The number of morpholine rings is 1. The van der Waals surface area contributed by atoms with E-state index in [1.165, 1.54) is 0 Å². The summed E-state index contributed by atoms with van der Waals surface area (Å²) in [5.41, 5.74) is -0.626. The Hall–Kier alpha value is -0.650. The number of nitrogens with zero attached hydrogens (tertiary/aromatic N) is 1. The molecule has 0 spiro atoms. The molecule has 3 unspecified atom stereocenters. The van der Waals surface area contributed by atoms with Gasteiger partial charge in [-0.25, -0.2) is 0 Å². The number of carbonyl (C=O) groups excluding carboxylic acids is 1. The number of esters is 1. The molecule has 122 valence electrons. The van der Waals surface area contributed by atoms with Crippen LogP contribution in [0.2, 0.25) is 0 Å². The molecule has 1 aliphatic heterocycles. The lowest BCUT2D eigenvalue weighted by Gasteiger charge is -2.44. The molecule has 5 heteroatoms. The van der Waals surface area contributed by atoms with Crippen LogP contribution in [0.25, 0.3) is 0 Å². The SMILES string of the molecule is CCOC(=O)C1(NC)CCC(N2CC(C)OC(C)(C)C2)C1. The van der Waals surface area contributed by atoms with Crippen molar-refractivity contribution in [2.24, 2.45) is 0 Å². The fraction of sp³-hybridized carbons (Fsp3) is 0.938. The third-order valence-corrected chi connectivity index (χ3v) is 4.75. The summed E-state index contributed by atoms with van der Waals surface area (Å²) in [6, 6.07) is 0.424. The summed E-state index contributed by atoms with van der Waals surface area (Å²) in [6.45, 7) is 10.6. The van der Waals surface area contributed by atoms with Crippen LogP contribution in [0.3, 0.4) is 0 Å². The van der Waals surface area contributed by atoms with Crippen LogP contribution in [0.4, 0.5) is 0 Å². The zero-order chi connectivity index (χ0) is 15.7. The van der Waals surface area contributed by atoms with Crippen LogP contribution in [0.1, 0.15) is 47.0 Å². The number of hydrogen-bond acceptors (Lipinski definition) is 5. The summed E-state index contributed by atoms with van der Waals surface area (Å²) in [6.07, 6.45) is 2.94. The summed E-state index contributed by atoms with van der Waals surface area (Å²) in [4.78, 5) is 14.8. The maximum atomic E-state index is 12.3. The number of likely N-dealkylation sites (N-methyl/N-ethyl adjacent to an activating group) is 1. The van der Waals surface area contributed by atoms with Gasteiger partial charge >= 0.3 is 5.97 Å². The molecule has 1 saturated heterocycles. The highest BCUT2D eigenvalue weighted by atomic mass is 16.5. The van der Waals surface area contributed by atoms with E-state index in [0.717, 1.165) is 32.4 Å². The number of carbonyl (C=O) groups is 1. The van der Waals surface area contributed by atoms with E-state index in [-0.39, 0.29) is 17.7 Å². The summed E-state index contributed by atoms with van der Waals surface area (Å²) in [5, 5.41) is 3.23. The first kappa shape index (κ1) is 16.7. The van der Waals surface area contributed by atoms with Crippen LogP contribution in [-0.4, -0.2) is 60.9 Å². The Labute approximate surface area is 128 Å². The van der Waals surface area contributed by atoms with Crippen molar-refractivity contribution in [1.29, 1.82) is 0 Å². The minimum absolute atomic E-state index is 0.101. The lowest BCUT2D eigenvalue weighted by Crippen LogP contribution is -2.56. The van der Waals surface area contributed by atoms with Crippen LogP contribution in [0, 0.1) is 0 Å². The second-order valence-electron chi connectivity index (χ2n) is 7.07. The van der Waals surface area contributed by atoms with Crippen LogP contribution in [0.5, 0.6) is 0 Å². The molecule has 3 atom stereocenters. The van der Waals surface area contributed by atoms with E-state index < -0.39 is 5.54 Å². The van der Waals surface area contributed by atoms with Crippen molar-refractivity contribution in [1.82, 2.24) is 10.2 Å². The molecule has 1 N–H and O–H groups in total. The van der Waals surface area contributed by atoms with Gasteiger partial charge in [-0.15, -0.1) is 0 Å². The van der Waals surface area contributed by atoms with Crippen LogP contribution >= 0.6 is 0 Å². The monoisotopic (exact) mass is 298 g/mol. The van der Waals surface area contributed by atoms with E-state index in [1.807, 2.05) is 14.0 Å². The zero-order valence-corrected chi connectivity index (χ0v) is 14.1. The van der Waals surface area contributed by atoms with Gasteiger partial charge in [0.2, 0.25) is 0 Å². The van der Waals surface area contributed by atoms with Crippen LogP contribution in [-0.2, 0) is 14.3 Å². The minimum atomic E-state index is -0.508. The van der Waals surface area contributed by atoms with Crippen molar-refractivity contribution >= 4 is 5.97 Å². The van der Waals surface area contributed by atoms with Gasteiger partial charge in [0.15, 0.2) is 0 Å². The predicted octanol–water partition coefficient (Wildman–Crippen LogP) is 1.56. The summed E-state index contributed by atoms with van der Waals surface area (Å²) in [5.74, 6) is -0.101. The molecule has 2 rings (SSSR count). The third kappa shape index (κ3) is 3.58. The second-order valence-corrected chi connectivity index (χ2v) is 7.07. The van der Waals surface area contributed by atoms with Crippen molar-refractivity contribution in [3.05, 3.63) is 0 Å². The average molecular weight is 298 g/mol. The van der Waals surface area contributed by atoms with E-state index in [1.54, 1.807) is 0 Å². The largest absolute Gasteiger partial charge is 0.465 e. The Bertz CT molecular complexity index is 386. The molecule has 0 amide bonds. The molecular weight excluding hydrogens is 268 g/mol. The smallest absolute Gasteiger partial charge is 0.326 e. The van der Waals surface area contributed by atoms with E-state index in [9.17, 15) is 4.79 Å². The summed E-state index contributed by atoms with van der Waals surface area (Å²) < 4.78 is 11.3. The van der Waals surface area contributed by atoms with Gasteiger partial charge in [0.25, 0.3) is 0 Å². The quantitative estimate of drug-likeness (QED) is 0.798. The van der Waals surface area contributed by atoms with Crippen molar-refractivity contribution < 1.29 is 14.3 Å². The maximum absolute atomic E-state index is 12.3. The molecule has 2 fully saturated rings. The molecule has 2 aliphatic rings. The second kappa shape index (κ2) is 6.23. The number of ether oxygens (including phenoxy) is 2. The molecule has 0 bridgehead atoms. The van der Waals surface area contributed by atoms with Gasteiger partial charge in [-0.05, 0) is 54.0 Å². The molecule has 1 saturated carbocycles. The average Bonchev–Trinajstić information content (AvgIpc) is 2.82. The third-order valence-electron chi connectivity index (χ3n) is 4.75. The lowest BCUT2D eigenvalue weighted by atomic mass is 9.96. The van der Waals surface area contributed by atoms with Gasteiger partial charge in [-0.3, -0.25) is 9.69 Å². The van der Waals surface area contributed by atoms with E-state index in [4.69, 9.17) is 9.47 Å². The highest BCUT2D eigenvalue weighted by molar-refractivity contribution is 5.81. The van der Waals surface area contributed by atoms with Crippen molar-refractivity contribution in [3.63, 3.8) is 0 Å². The van der Waals surface area contributed by atoms with Crippen molar-refractivity contribution in [2.45, 2.75) is 70.2 Å². The first-order valence-electron chi connectivity index (χ1n) is 8.10. The molecule has 21 heavy (non-hydrogen) atoms. The Balaban J connectivity index is 2.05. The molecule has 0 aromatic rings. The predicted molar refractivity (Wildman–Crippen MR) is 82.3 cm³/mol. The molecule has 1 heterocycles. The molecule has 1 aliphatic carbocycles. The standard InChI is InChI=1S/C16H30N2O3/c1-6-20-14(19)16(17-5)8-7-13(9-16)18-10-12(2)21-15(3,4)11-18/h12-13,17H,6-11H2,1-5H3. The highest BCUT2D eigenvalue weighted by Crippen LogP contribution is 2.36. The fourth-order valence-corrected chi connectivity index (χ4v) is 3.90. The minimum Gasteiger partial charge on any atom is -0.465 e. The van der Waals surface area contributed by atoms with E-state index >= 15 is 0 Å². The van der Waals surface area contributed by atoms with Gasteiger partial charge in [0.05, 0.1) is 18.3 Å². The number of hydrogen-bond donors (Lipinski definition) is 1. The zero-order valence-electron chi connectivity index (χ0n) is 14.1. The van der Waals surface area contributed by atoms with Crippen LogP contribution < -0.4 is 5.32 Å². The Kier molecular flexibility index (Phi) is 4.96. The molecule has 0 aromatic carbocycles. The molecule has 5 nitrogen and oxygen atoms in total. The molecule has 0 radical (unpaired) electrons.